The molecule has 0 heterocycles. The first-order chi connectivity index (χ1) is 14.7. The second kappa shape index (κ2) is 19.3. The van der Waals surface area contributed by atoms with Crippen molar-refractivity contribution in [2.24, 2.45) is 5.73 Å². The van der Waals surface area contributed by atoms with Gasteiger partial charge >= 0.3 is 0 Å². The van der Waals surface area contributed by atoms with Crippen LogP contribution in [0.2, 0.25) is 0 Å². The maximum absolute atomic E-state index is 11.7. The molecule has 0 bridgehead atoms. The quantitative estimate of drug-likeness (QED) is 0.547. The van der Waals surface area contributed by atoms with Crippen molar-refractivity contribution in [1.29, 1.82) is 0 Å². The molecule has 3 aromatic carbocycles. The maximum Gasteiger partial charge on any atom is 0.220 e. The highest BCUT2D eigenvalue weighted by atomic mass is 35.5. The monoisotopic (exact) mass is 442 g/mol. The Hall–Kier alpha value is -2.70. The molecule has 3 N–H and O–H groups in total. The zero-order valence-corrected chi connectivity index (χ0v) is 18.4. The van der Waals surface area contributed by atoms with E-state index in [4.69, 9.17) is 15.9 Å². The molecule has 0 saturated carbocycles. The number of benzene rings is 3. The van der Waals surface area contributed by atoms with Crippen LogP contribution in [0.15, 0.2) is 91.0 Å². The van der Waals surface area contributed by atoms with Gasteiger partial charge in [0.15, 0.2) is 0 Å². The number of rotatable bonds is 7. The van der Waals surface area contributed by atoms with Crippen LogP contribution in [0.3, 0.4) is 0 Å². The molecule has 1 amide bonds. The SMILES string of the molecule is Cl.NCCc1ccccc1.O=C(CCc1ccccc1)NCc1ccccc1.[O-]C[O-]. The van der Waals surface area contributed by atoms with Crippen LogP contribution >= 0.6 is 12.4 Å². The lowest BCUT2D eigenvalue weighted by Gasteiger charge is -2.05. The summed E-state index contributed by atoms with van der Waals surface area (Å²) in [5.74, 6) is 0.0997. The van der Waals surface area contributed by atoms with Gasteiger partial charge in [-0.15, -0.1) is 12.4 Å². The second-order valence-corrected chi connectivity index (χ2v) is 6.39. The van der Waals surface area contributed by atoms with Gasteiger partial charge in [-0.2, -0.15) is 0 Å². The van der Waals surface area contributed by atoms with Crippen molar-refractivity contribution < 1.29 is 15.0 Å². The number of nitrogens with two attached hydrogens (primary N) is 1. The van der Waals surface area contributed by atoms with E-state index in [1.807, 2.05) is 78.9 Å². The van der Waals surface area contributed by atoms with Crippen LogP contribution < -0.4 is 21.3 Å². The van der Waals surface area contributed by atoms with Crippen molar-refractivity contribution in [3.8, 4) is 0 Å². The van der Waals surface area contributed by atoms with Gasteiger partial charge in [0.1, 0.15) is 0 Å². The van der Waals surface area contributed by atoms with E-state index in [1.54, 1.807) is 0 Å². The topological polar surface area (TPSA) is 101 Å². The molecule has 5 nitrogen and oxygen atoms in total. The van der Waals surface area contributed by atoms with Crippen molar-refractivity contribution in [3.63, 3.8) is 0 Å². The van der Waals surface area contributed by atoms with Gasteiger partial charge in [-0.05, 0) is 36.1 Å². The van der Waals surface area contributed by atoms with Crippen molar-refractivity contribution in [2.75, 3.05) is 13.3 Å². The molecule has 0 spiro atoms. The van der Waals surface area contributed by atoms with Crippen LogP contribution in [0, 0.1) is 0 Å². The van der Waals surface area contributed by atoms with Crippen LogP contribution in [0.25, 0.3) is 0 Å². The Balaban J connectivity index is 0.000000583. The predicted octanol–water partition coefficient (Wildman–Crippen LogP) is 2.21. The Morgan fingerprint density at radius 3 is 1.52 bits per heavy atom. The molecule has 6 heteroatoms. The largest absolute Gasteiger partial charge is 0.868 e. The number of halogens is 1. The molecule has 0 saturated heterocycles. The van der Waals surface area contributed by atoms with E-state index in [0.29, 0.717) is 13.0 Å². The summed E-state index contributed by atoms with van der Waals surface area (Å²) in [4.78, 5) is 11.7. The molecular weight excluding hydrogens is 412 g/mol. The first kappa shape index (κ1) is 28.3. The number of hydrogen-bond donors (Lipinski definition) is 2. The Morgan fingerprint density at radius 1 is 0.710 bits per heavy atom. The van der Waals surface area contributed by atoms with Gasteiger partial charge in [0.25, 0.3) is 0 Å². The number of carbonyl (C=O) groups is 1. The number of amides is 1. The van der Waals surface area contributed by atoms with E-state index in [9.17, 15) is 4.79 Å². The Bertz CT molecular complexity index is 742. The van der Waals surface area contributed by atoms with E-state index >= 15 is 0 Å². The number of aryl methyl sites for hydroxylation is 1. The minimum absolute atomic E-state index is 0. The van der Waals surface area contributed by atoms with E-state index < -0.39 is 6.79 Å². The highest BCUT2D eigenvalue weighted by molar-refractivity contribution is 5.85. The standard InChI is InChI=1S/C16H17NO.C8H11N.CH2O2.ClH/c18-16(12-11-14-7-3-1-4-8-14)17-13-15-9-5-2-6-10-15;9-7-6-8-4-2-1-3-5-8;2-1-3;/h1-10H,11-13H2,(H,17,18);1-5H,6-7,9H2;1H2;1H/q;;-2;. The summed E-state index contributed by atoms with van der Waals surface area (Å²) >= 11 is 0. The van der Waals surface area contributed by atoms with Crippen LogP contribution in [0.4, 0.5) is 0 Å². The normalized spacial score (nSPS) is 9.13. The summed E-state index contributed by atoms with van der Waals surface area (Å²) in [7, 11) is 0. The third kappa shape index (κ3) is 14.9. The summed E-state index contributed by atoms with van der Waals surface area (Å²) in [5.41, 5.74) is 9.01. The summed E-state index contributed by atoms with van der Waals surface area (Å²) in [6, 6.07) is 30.3. The molecule has 0 aromatic heterocycles. The number of hydrogen-bond acceptors (Lipinski definition) is 4. The van der Waals surface area contributed by atoms with Gasteiger partial charge < -0.3 is 21.3 Å². The molecule has 0 aliphatic heterocycles. The molecule has 0 aliphatic carbocycles. The minimum atomic E-state index is -1.25. The van der Waals surface area contributed by atoms with Crippen LogP contribution in [-0.4, -0.2) is 19.2 Å². The lowest BCUT2D eigenvalue weighted by molar-refractivity contribution is -0.596. The van der Waals surface area contributed by atoms with E-state index in [-0.39, 0.29) is 18.3 Å². The molecule has 31 heavy (non-hydrogen) atoms. The molecule has 0 fully saturated rings. The zero-order valence-electron chi connectivity index (χ0n) is 17.6. The molecule has 0 radical (unpaired) electrons. The second-order valence-electron chi connectivity index (χ2n) is 6.39. The maximum atomic E-state index is 11.7. The molecule has 0 unspecified atom stereocenters. The Morgan fingerprint density at radius 2 is 1.10 bits per heavy atom. The van der Waals surface area contributed by atoms with Crippen molar-refractivity contribution >= 4 is 18.3 Å². The average Bonchev–Trinajstić information content (AvgIpc) is 2.80. The highest BCUT2D eigenvalue weighted by Crippen LogP contribution is 2.03. The Kier molecular flexibility index (Phi) is 17.6. The average molecular weight is 443 g/mol. The first-order valence-corrected chi connectivity index (χ1v) is 9.94. The lowest BCUT2D eigenvalue weighted by Crippen LogP contribution is -2.22. The van der Waals surface area contributed by atoms with Gasteiger partial charge in [0.05, 0.1) is 0 Å². The van der Waals surface area contributed by atoms with Gasteiger partial charge in [0, 0.05) is 13.0 Å². The molecule has 3 rings (SSSR count). The fourth-order valence-corrected chi connectivity index (χ4v) is 2.60. The van der Waals surface area contributed by atoms with Crippen molar-refractivity contribution in [2.45, 2.75) is 25.8 Å². The third-order valence-corrected chi connectivity index (χ3v) is 4.09. The van der Waals surface area contributed by atoms with Crippen LogP contribution in [-0.2, 0) is 24.2 Å². The van der Waals surface area contributed by atoms with Gasteiger partial charge in [0.2, 0.25) is 5.91 Å². The summed E-state index contributed by atoms with van der Waals surface area (Å²) in [6.45, 7) is 0.0957. The molecule has 3 aromatic rings. The van der Waals surface area contributed by atoms with Gasteiger partial charge in [-0.3, -0.25) is 4.79 Å². The summed E-state index contributed by atoms with van der Waals surface area (Å²) in [6.07, 6.45) is 2.32. The van der Waals surface area contributed by atoms with E-state index in [2.05, 4.69) is 17.4 Å². The first-order valence-electron chi connectivity index (χ1n) is 9.94. The number of carbonyl (C=O) groups excluding carboxylic acids is 1. The van der Waals surface area contributed by atoms with E-state index in [1.165, 1.54) is 11.1 Å². The minimum Gasteiger partial charge on any atom is -0.868 e. The predicted molar refractivity (Wildman–Crippen MR) is 124 cm³/mol. The van der Waals surface area contributed by atoms with Crippen molar-refractivity contribution in [1.82, 2.24) is 5.32 Å². The highest BCUT2D eigenvalue weighted by Gasteiger charge is 2.01. The summed E-state index contributed by atoms with van der Waals surface area (Å²) in [5, 5.41) is 19.7. The zero-order chi connectivity index (χ0) is 21.9. The molecule has 168 valence electrons. The smallest absolute Gasteiger partial charge is 0.220 e. The molecular formula is C25H31ClN2O3-2. The summed E-state index contributed by atoms with van der Waals surface area (Å²) < 4.78 is 0. The van der Waals surface area contributed by atoms with Crippen molar-refractivity contribution in [3.05, 3.63) is 108 Å². The van der Waals surface area contributed by atoms with E-state index in [0.717, 1.165) is 24.9 Å². The van der Waals surface area contributed by atoms with Gasteiger partial charge in [-0.25, -0.2) is 6.79 Å². The number of nitrogens with one attached hydrogen (secondary N) is 1. The van der Waals surface area contributed by atoms with Crippen LogP contribution in [0.5, 0.6) is 0 Å². The van der Waals surface area contributed by atoms with Crippen LogP contribution in [0.1, 0.15) is 23.1 Å². The fourth-order valence-electron chi connectivity index (χ4n) is 2.60. The lowest BCUT2D eigenvalue weighted by atomic mass is 10.1. The van der Waals surface area contributed by atoms with Gasteiger partial charge in [-0.1, -0.05) is 91.0 Å². The fraction of sp³-hybridized carbons (Fsp3) is 0.240. The Labute approximate surface area is 191 Å². The third-order valence-electron chi connectivity index (χ3n) is 4.09. The molecule has 0 aliphatic rings. The molecule has 0 atom stereocenters.